The molecule has 1 aromatic rings. The number of benzene rings is 1. The number of nitrogens with zero attached hydrogens (tertiary/aromatic N) is 1. The Balaban J connectivity index is 1.67. The van der Waals surface area contributed by atoms with E-state index in [1.807, 2.05) is 12.1 Å². The third-order valence-electron chi connectivity index (χ3n) is 3.78. The summed E-state index contributed by atoms with van der Waals surface area (Å²) in [6.07, 6.45) is 3.22. The molecule has 0 aliphatic heterocycles. The number of carbonyl (C=O) groups is 1. The molecule has 1 fully saturated rings. The van der Waals surface area contributed by atoms with Crippen molar-refractivity contribution in [3.8, 4) is 6.07 Å². The summed E-state index contributed by atoms with van der Waals surface area (Å²) in [5.74, 6) is -0.0715. The Hall–Kier alpha value is -1.82. The van der Waals surface area contributed by atoms with Crippen LogP contribution in [0.4, 0.5) is 0 Å². The second-order valence-electron chi connectivity index (χ2n) is 5.04. The molecule has 0 heterocycles. The van der Waals surface area contributed by atoms with E-state index in [1.54, 1.807) is 0 Å². The van der Waals surface area contributed by atoms with Gasteiger partial charge in [0.2, 0.25) is 5.91 Å². The fourth-order valence-electron chi connectivity index (χ4n) is 2.50. The lowest BCUT2D eigenvalue weighted by atomic mass is 10.1. The van der Waals surface area contributed by atoms with Gasteiger partial charge in [-0.05, 0) is 36.8 Å². The van der Waals surface area contributed by atoms with Gasteiger partial charge < -0.3 is 5.32 Å². The first kappa shape index (κ1) is 10.3. The van der Waals surface area contributed by atoms with E-state index >= 15 is 0 Å². The summed E-state index contributed by atoms with van der Waals surface area (Å²) in [5, 5.41) is 12.0. The molecule has 0 unspecified atom stereocenters. The molecule has 0 spiro atoms. The molecule has 0 bridgehead atoms. The van der Waals surface area contributed by atoms with Gasteiger partial charge in [0.15, 0.2) is 0 Å². The third kappa shape index (κ3) is 1.70. The molecule has 1 amide bonds. The van der Waals surface area contributed by atoms with Crippen LogP contribution in [-0.4, -0.2) is 11.9 Å². The fourth-order valence-corrected chi connectivity index (χ4v) is 2.50. The van der Waals surface area contributed by atoms with Crippen molar-refractivity contribution in [3.05, 3.63) is 35.4 Å². The zero-order chi connectivity index (χ0) is 11.9. The summed E-state index contributed by atoms with van der Waals surface area (Å²) >= 11 is 0. The van der Waals surface area contributed by atoms with Crippen LogP contribution < -0.4 is 5.32 Å². The molecule has 1 saturated carbocycles. The largest absolute Gasteiger partial charge is 0.351 e. The van der Waals surface area contributed by atoms with Crippen molar-refractivity contribution in [1.82, 2.24) is 5.32 Å². The number of nitriles is 1. The van der Waals surface area contributed by atoms with Gasteiger partial charge in [0.1, 0.15) is 5.41 Å². The van der Waals surface area contributed by atoms with Crippen LogP contribution in [0, 0.1) is 16.7 Å². The van der Waals surface area contributed by atoms with E-state index in [9.17, 15) is 4.79 Å². The maximum atomic E-state index is 11.9. The number of rotatable bonds is 2. The lowest BCUT2D eigenvalue weighted by Crippen LogP contribution is -2.39. The van der Waals surface area contributed by atoms with Gasteiger partial charge in [0.05, 0.1) is 6.07 Å². The predicted octanol–water partition coefficient (Wildman–Crippen LogP) is 1.57. The molecule has 0 atom stereocenters. The van der Waals surface area contributed by atoms with Crippen LogP contribution in [-0.2, 0) is 17.6 Å². The van der Waals surface area contributed by atoms with Gasteiger partial charge in [-0.15, -0.1) is 0 Å². The van der Waals surface area contributed by atoms with Crippen molar-refractivity contribution in [2.75, 3.05) is 0 Å². The van der Waals surface area contributed by atoms with E-state index in [0.717, 1.165) is 25.7 Å². The molecule has 3 heteroatoms. The molecule has 0 saturated heterocycles. The predicted molar refractivity (Wildman–Crippen MR) is 63.1 cm³/mol. The number of fused-ring (bicyclic) bond motifs is 1. The van der Waals surface area contributed by atoms with Gasteiger partial charge in [0.25, 0.3) is 0 Å². The first-order chi connectivity index (χ1) is 8.23. The Labute approximate surface area is 100 Å². The topological polar surface area (TPSA) is 52.9 Å². The summed E-state index contributed by atoms with van der Waals surface area (Å²) < 4.78 is 0. The van der Waals surface area contributed by atoms with E-state index in [-0.39, 0.29) is 11.9 Å². The normalized spacial score (nSPS) is 20.4. The molecule has 1 N–H and O–H groups in total. The van der Waals surface area contributed by atoms with E-state index in [0.29, 0.717) is 0 Å². The minimum Gasteiger partial charge on any atom is -0.351 e. The third-order valence-corrected chi connectivity index (χ3v) is 3.78. The minimum atomic E-state index is -0.700. The molecule has 3 rings (SSSR count). The first-order valence-corrected chi connectivity index (χ1v) is 6.02. The van der Waals surface area contributed by atoms with Crippen molar-refractivity contribution in [2.45, 2.75) is 31.7 Å². The number of amides is 1. The molecular formula is C14H14N2O. The highest BCUT2D eigenvalue weighted by Gasteiger charge is 2.51. The summed E-state index contributed by atoms with van der Waals surface area (Å²) in [4.78, 5) is 11.9. The van der Waals surface area contributed by atoms with E-state index in [1.165, 1.54) is 11.1 Å². The molecule has 86 valence electrons. The van der Waals surface area contributed by atoms with Crippen molar-refractivity contribution >= 4 is 5.91 Å². The van der Waals surface area contributed by atoms with Crippen LogP contribution in [0.3, 0.4) is 0 Å². The van der Waals surface area contributed by atoms with Crippen LogP contribution in [0.2, 0.25) is 0 Å². The standard InChI is InChI=1S/C14H14N2O/c15-9-14(5-6-14)13(17)16-12-7-10-3-1-2-4-11(10)8-12/h1-4,12H,5-8H2,(H,16,17). The summed E-state index contributed by atoms with van der Waals surface area (Å²) in [5.41, 5.74) is 1.94. The molecule has 3 nitrogen and oxygen atoms in total. The first-order valence-electron chi connectivity index (χ1n) is 6.02. The average Bonchev–Trinajstić information content (AvgIpc) is 3.04. The molecule has 0 radical (unpaired) electrons. The van der Waals surface area contributed by atoms with Gasteiger partial charge >= 0.3 is 0 Å². The Morgan fingerprint density at radius 1 is 1.29 bits per heavy atom. The smallest absolute Gasteiger partial charge is 0.240 e. The second-order valence-corrected chi connectivity index (χ2v) is 5.04. The monoisotopic (exact) mass is 226 g/mol. The number of nitrogens with one attached hydrogen (secondary N) is 1. The van der Waals surface area contributed by atoms with Crippen molar-refractivity contribution in [3.63, 3.8) is 0 Å². The van der Waals surface area contributed by atoms with Crippen LogP contribution in [0.1, 0.15) is 24.0 Å². The van der Waals surface area contributed by atoms with Crippen molar-refractivity contribution in [2.24, 2.45) is 5.41 Å². The van der Waals surface area contributed by atoms with Gasteiger partial charge in [-0.25, -0.2) is 0 Å². The molecule has 0 aromatic heterocycles. The highest BCUT2D eigenvalue weighted by molar-refractivity contribution is 5.88. The zero-order valence-corrected chi connectivity index (χ0v) is 9.57. The van der Waals surface area contributed by atoms with Gasteiger partial charge in [-0.3, -0.25) is 4.79 Å². The average molecular weight is 226 g/mol. The molecular weight excluding hydrogens is 212 g/mol. The molecule has 17 heavy (non-hydrogen) atoms. The Bertz CT molecular complexity index is 486. The number of hydrogen-bond donors (Lipinski definition) is 1. The van der Waals surface area contributed by atoms with Crippen LogP contribution in [0.15, 0.2) is 24.3 Å². The van der Waals surface area contributed by atoms with Gasteiger partial charge in [0, 0.05) is 6.04 Å². The number of carbonyl (C=O) groups excluding carboxylic acids is 1. The highest BCUT2D eigenvalue weighted by Crippen LogP contribution is 2.45. The van der Waals surface area contributed by atoms with Gasteiger partial charge in [-0.1, -0.05) is 24.3 Å². The van der Waals surface area contributed by atoms with Crippen LogP contribution >= 0.6 is 0 Å². The number of hydrogen-bond acceptors (Lipinski definition) is 2. The zero-order valence-electron chi connectivity index (χ0n) is 9.57. The Morgan fingerprint density at radius 3 is 2.35 bits per heavy atom. The molecule has 2 aliphatic carbocycles. The lowest BCUT2D eigenvalue weighted by molar-refractivity contribution is -0.125. The molecule has 2 aliphatic rings. The van der Waals surface area contributed by atoms with E-state index in [4.69, 9.17) is 5.26 Å². The summed E-state index contributed by atoms with van der Waals surface area (Å²) in [6.45, 7) is 0. The van der Waals surface area contributed by atoms with E-state index in [2.05, 4.69) is 23.5 Å². The van der Waals surface area contributed by atoms with Crippen LogP contribution in [0.25, 0.3) is 0 Å². The highest BCUT2D eigenvalue weighted by atomic mass is 16.2. The maximum absolute atomic E-state index is 11.9. The van der Waals surface area contributed by atoms with Gasteiger partial charge in [-0.2, -0.15) is 5.26 Å². The SMILES string of the molecule is N#CC1(C(=O)NC2Cc3ccccc3C2)CC1. The summed E-state index contributed by atoms with van der Waals surface area (Å²) in [7, 11) is 0. The van der Waals surface area contributed by atoms with Crippen molar-refractivity contribution in [1.29, 1.82) is 5.26 Å². The van der Waals surface area contributed by atoms with Crippen LogP contribution in [0.5, 0.6) is 0 Å². The quantitative estimate of drug-likeness (QED) is 0.832. The van der Waals surface area contributed by atoms with Crippen molar-refractivity contribution < 1.29 is 4.79 Å². The second kappa shape index (κ2) is 3.59. The maximum Gasteiger partial charge on any atom is 0.240 e. The molecule has 1 aromatic carbocycles. The Morgan fingerprint density at radius 2 is 1.88 bits per heavy atom. The summed E-state index contributed by atoms with van der Waals surface area (Å²) in [6, 6.07) is 10.6. The lowest BCUT2D eigenvalue weighted by Gasteiger charge is -2.14. The Kier molecular flexibility index (Phi) is 2.19. The van der Waals surface area contributed by atoms with E-state index < -0.39 is 5.41 Å². The minimum absolute atomic E-state index is 0.0715. The fraction of sp³-hybridized carbons (Fsp3) is 0.429.